The molecule has 0 radical (unpaired) electrons. The number of benzene rings is 2. The Bertz CT molecular complexity index is 617. The molecule has 1 atom stereocenters. The van der Waals surface area contributed by atoms with Gasteiger partial charge in [-0.2, -0.15) is 0 Å². The summed E-state index contributed by atoms with van der Waals surface area (Å²) in [5, 5.41) is 0. The second-order valence-corrected chi connectivity index (χ2v) is 5.38. The lowest BCUT2D eigenvalue weighted by molar-refractivity contribution is 0.530. The van der Waals surface area contributed by atoms with Crippen molar-refractivity contribution in [2.45, 2.75) is 32.1 Å². The molecule has 0 bridgehead atoms. The molecule has 2 aromatic rings. The van der Waals surface area contributed by atoms with Gasteiger partial charge in [0.25, 0.3) is 0 Å². The van der Waals surface area contributed by atoms with Gasteiger partial charge in [-0.05, 0) is 72.6 Å². The van der Waals surface area contributed by atoms with Crippen molar-refractivity contribution in [2.75, 3.05) is 0 Å². The molecule has 0 aromatic heterocycles. The van der Waals surface area contributed by atoms with Crippen LogP contribution in [-0.4, -0.2) is 0 Å². The van der Waals surface area contributed by atoms with E-state index in [1.54, 1.807) is 12.1 Å². The molecule has 2 aromatic carbocycles. The van der Waals surface area contributed by atoms with Gasteiger partial charge in [-0.1, -0.05) is 18.2 Å². The van der Waals surface area contributed by atoms with Crippen molar-refractivity contribution in [3.63, 3.8) is 0 Å². The zero-order valence-electron chi connectivity index (χ0n) is 10.9. The summed E-state index contributed by atoms with van der Waals surface area (Å²) in [4.78, 5) is 0. The van der Waals surface area contributed by atoms with Crippen LogP contribution in [0.25, 0.3) is 0 Å². The van der Waals surface area contributed by atoms with Crippen LogP contribution in [0.5, 0.6) is 0 Å². The fraction of sp³-hybridized carbons (Fsp3) is 0.294. The smallest absolute Gasteiger partial charge is 0.126 e. The maximum atomic E-state index is 14.0. The molecular formula is C17H16F2. The molecule has 0 aliphatic heterocycles. The Balaban J connectivity index is 1.91. The zero-order chi connectivity index (χ0) is 13.4. The van der Waals surface area contributed by atoms with Gasteiger partial charge in [-0.3, -0.25) is 0 Å². The van der Waals surface area contributed by atoms with Crippen LogP contribution in [0.4, 0.5) is 8.78 Å². The van der Waals surface area contributed by atoms with Gasteiger partial charge in [0, 0.05) is 0 Å². The number of hydrogen-bond donors (Lipinski definition) is 0. The van der Waals surface area contributed by atoms with E-state index in [0.717, 1.165) is 41.5 Å². The van der Waals surface area contributed by atoms with Crippen LogP contribution in [0.15, 0.2) is 36.4 Å². The Kier molecular flexibility index (Phi) is 3.09. The van der Waals surface area contributed by atoms with Gasteiger partial charge in [-0.15, -0.1) is 0 Å². The van der Waals surface area contributed by atoms with Crippen molar-refractivity contribution in [1.29, 1.82) is 0 Å². The SMILES string of the molecule is Cc1ccc(C2CCc3cc(F)ccc3C2)c(F)c1. The van der Waals surface area contributed by atoms with E-state index in [-0.39, 0.29) is 17.6 Å². The third-order valence-electron chi connectivity index (χ3n) is 3.99. The number of rotatable bonds is 1. The van der Waals surface area contributed by atoms with Crippen LogP contribution in [0, 0.1) is 18.6 Å². The van der Waals surface area contributed by atoms with Crippen LogP contribution < -0.4 is 0 Å². The van der Waals surface area contributed by atoms with Crippen molar-refractivity contribution in [3.05, 3.63) is 70.3 Å². The van der Waals surface area contributed by atoms with Gasteiger partial charge < -0.3 is 0 Å². The summed E-state index contributed by atoms with van der Waals surface area (Å²) in [6.45, 7) is 1.89. The van der Waals surface area contributed by atoms with Crippen molar-refractivity contribution in [1.82, 2.24) is 0 Å². The minimum absolute atomic E-state index is 0.115. The van der Waals surface area contributed by atoms with Crippen molar-refractivity contribution in [3.8, 4) is 0 Å². The Labute approximate surface area is 112 Å². The first-order chi connectivity index (χ1) is 9.13. The van der Waals surface area contributed by atoms with Crippen LogP contribution in [0.3, 0.4) is 0 Å². The topological polar surface area (TPSA) is 0 Å². The summed E-state index contributed by atoms with van der Waals surface area (Å²) in [5.74, 6) is -0.0900. The van der Waals surface area contributed by atoms with Crippen LogP contribution in [0.2, 0.25) is 0 Å². The molecule has 98 valence electrons. The van der Waals surface area contributed by atoms with E-state index in [0.29, 0.717) is 0 Å². The highest BCUT2D eigenvalue weighted by atomic mass is 19.1. The summed E-state index contributed by atoms with van der Waals surface area (Å²) in [5.41, 5.74) is 3.96. The summed E-state index contributed by atoms with van der Waals surface area (Å²) in [6, 6.07) is 10.4. The fourth-order valence-corrected chi connectivity index (χ4v) is 2.95. The van der Waals surface area contributed by atoms with Crippen LogP contribution >= 0.6 is 0 Å². The lowest BCUT2D eigenvalue weighted by Gasteiger charge is -2.25. The van der Waals surface area contributed by atoms with E-state index in [2.05, 4.69) is 0 Å². The number of halogens is 2. The molecule has 0 heterocycles. The van der Waals surface area contributed by atoms with E-state index in [4.69, 9.17) is 0 Å². The van der Waals surface area contributed by atoms with E-state index >= 15 is 0 Å². The standard InChI is InChI=1S/C17H16F2/c1-11-2-7-16(17(19)8-11)14-4-3-13-10-15(18)6-5-12(13)9-14/h2,5-8,10,14H,3-4,9H2,1H3. The lowest BCUT2D eigenvalue weighted by Crippen LogP contribution is -2.14. The number of fused-ring (bicyclic) bond motifs is 1. The third-order valence-corrected chi connectivity index (χ3v) is 3.99. The Morgan fingerprint density at radius 3 is 2.63 bits per heavy atom. The Morgan fingerprint density at radius 1 is 1.00 bits per heavy atom. The quantitative estimate of drug-likeness (QED) is 0.704. The van der Waals surface area contributed by atoms with Gasteiger partial charge in [0.1, 0.15) is 11.6 Å². The molecule has 1 unspecified atom stereocenters. The average Bonchev–Trinajstić information content (AvgIpc) is 2.38. The molecule has 0 amide bonds. The first-order valence-electron chi connectivity index (χ1n) is 6.67. The van der Waals surface area contributed by atoms with E-state index in [1.165, 1.54) is 6.07 Å². The lowest BCUT2D eigenvalue weighted by atomic mass is 9.80. The minimum Gasteiger partial charge on any atom is -0.207 e. The van der Waals surface area contributed by atoms with Gasteiger partial charge in [-0.25, -0.2) is 8.78 Å². The highest BCUT2D eigenvalue weighted by Crippen LogP contribution is 2.34. The molecule has 0 nitrogen and oxygen atoms in total. The van der Waals surface area contributed by atoms with Gasteiger partial charge in [0.2, 0.25) is 0 Å². The average molecular weight is 258 g/mol. The molecule has 0 N–H and O–H groups in total. The summed E-state index contributed by atoms with van der Waals surface area (Å²) < 4.78 is 27.2. The van der Waals surface area contributed by atoms with Crippen LogP contribution in [0.1, 0.15) is 34.6 Å². The second kappa shape index (κ2) is 4.76. The molecular weight excluding hydrogens is 242 g/mol. The minimum atomic E-state index is -0.182. The highest BCUT2D eigenvalue weighted by molar-refractivity contribution is 5.35. The summed E-state index contributed by atoms with van der Waals surface area (Å²) in [6.07, 6.45) is 2.51. The normalized spacial score (nSPS) is 18.2. The number of aryl methyl sites for hydroxylation is 2. The van der Waals surface area contributed by atoms with Gasteiger partial charge in [0.05, 0.1) is 0 Å². The van der Waals surface area contributed by atoms with Crippen molar-refractivity contribution in [2.24, 2.45) is 0 Å². The monoisotopic (exact) mass is 258 g/mol. The largest absolute Gasteiger partial charge is 0.207 e. The Morgan fingerprint density at radius 2 is 1.84 bits per heavy atom. The maximum Gasteiger partial charge on any atom is 0.126 e. The number of hydrogen-bond acceptors (Lipinski definition) is 0. The van der Waals surface area contributed by atoms with E-state index < -0.39 is 0 Å². The molecule has 0 fully saturated rings. The molecule has 1 aliphatic carbocycles. The van der Waals surface area contributed by atoms with E-state index in [1.807, 2.05) is 25.1 Å². The molecule has 0 saturated carbocycles. The van der Waals surface area contributed by atoms with Crippen LogP contribution in [-0.2, 0) is 12.8 Å². The highest BCUT2D eigenvalue weighted by Gasteiger charge is 2.22. The fourth-order valence-electron chi connectivity index (χ4n) is 2.95. The summed E-state index contributed by atoms with van der Waals surface area (Å²) in [7, 11) is 0. The summed E-state index contributed by atoms with van der Waals surface area (Å²) >= 11 is 0. The second-order valence-electron chi connectivity index (χ2n) is 5.38. The van der Waals surface area contributed by atoms with E-state index in [9.17, 15) is 8.78 Å². The third kappa shape index (κ3) is 2.40. The molecule has 3 rings (SSSR count). The first-order valence-corrected chi connectivity index (χ1v) is 6.67. The van der Waals surface area contributed by atoms with Crippen molar-refractivity contribution < 1.29 is 8.78 Å². The molecule has 19 heavy (non-hydrogen) atoms. The molecule has 0 spiro atoms. The van der Waals surface area contributed by atoms with Gasteiger partial charge >= 0.3 is 0 Å². The molecule has 1 aliphatic rings. The first kappa shape index (κ1) is 12.3. The predicted octanol–water partition coefficient (Wildman–Crippen LogP) is 4.55. The predicted molar refractivity (Wildman–Crippen MR) is 72.3 cm³/mol. The van der Waals surface area contributed by atoms with Gasteiger partial charge in [0.15, 0.2) is 0 Å². The van der Waals surface area contributed by atoms with Crippen molar-refractivity contribution >= 4 is 0 Å². The molecule has 2 heteroatoms. The zero-order valence-corrected chi connectivity index (χ0v) is 10.9. The maximum absolute atomic E-state index is 14.0. The molecule has 0 saturated heterocycles. The Hall–Kier alpha value is -1.70.